The Morgan fingerprint density at radius 1 is 0.625 bits per heavy atom. The second-order valence-electron chi connectivity index (χ2n) is 6.04. The molecule has 0 aromatic heterocycles. The van der Waals surface area contributed by atoms with E-state index >= 15 is 0 Å². The molecule has 0 fully saturated rings. The van der Waals surface area contributed by atoms with E-state index in [9.17, 15) is 5.11 Å². The summed E-state index contributed by atoms with van der Waals surface area (Å²) in [6, 6.07) is 30.2. The Hall–Kier alpha value is -2.42. The molecule has 0 aliphatic carbocycles. The molecule has 3 rings (SSSR count). The van der Waals surface area contributed by atoms with Gasteiger partial charge in [-0.1, -0.05) is 91.0 Å². The van der Waals surface area contributed by atoms with Crippen LogP contribution in [-0.2, 0) is 0 Å². The Morgan fingerprint density at radius 3 is 1.54 bits per heavy atom. The summed E-state index contributed by atoms with van der Waals surface area (Å²) in [6.45, 7) is 2.13. The maximum absolute atomic E-state index is 11.0. The summed E-state index contributed by atoms with van der Waals surface area (Å²) >= 11 is 0. The van der Waals surface area contributed by atoms with E-state index in [2.05, 4.69) is 36.5 Å². The van der Waals surface area contributed by atoms with E-state index in [0.717, 1.165) is 11.1 Å². The minimum Gasteiger partial charge on any atom is -0.386 e. The molecule has 3 atom stereocenters. The molecule has 122 valence electrons. The van der Waals surface area contributed by atoms with Crippen LogP contribution < -0.4 is 5.32 Å². The van der Waals surface area contributed by atoms with Crippen LogP contribution in [0.5, 0.6) is 0 Å². The Morgan fingerprint density at radius 2 is 1.04 bits per heavy atom. The van der Waals surface area contributed by atoms with E-state index < -0.39 is 6.10 Å². The summed E-state index contributed by atoms with van der Waals surface area (Å²) in [6.07, 6.45) is -0.611. The van der Waals surface area contributed by atoms with Crippen LogP contribution in [-0.4, -0.2) is 5.11 Å². The molecule has 0 bridgehead atoms. The second-order valence-corrected chi connectivity index (χ2v) is 6.04. The highest BCUT2D eigenvalue weighted by molar-refractivity contribution is 5.27. The average molecular weight is 317 g/mol. The van der Waals surface area contributed by atoms with Crippen LogP contribution in [0.2, 0.25) is 0 Å². The van der Waals surface area contributed by atoms with Crippen LogP contribution in [0.3, 0.4) is 0 Å². The van der Waals surface area contributed by atoms with Gasteiger partial charge in [0.1, 0.15) is 0 Å². The molecule has 0 saturated heterocycles. The van der Waals surface area contributed by atoms with Crippen molar-refractivity contribution in [3.63, 3.8) is 0 Å². The molecule has 0 aliphatic rings. The number of hydrogen-bond acceptors (Lipinski definition) is 2. The summed E-state index contributed by atoms with van der Waals surface area (Å²) in [5, 5.41) is 14.6. The lowest BCUT2D eigenvalue weighted by molar-refractivity contribution is 0.123. The highest BCUT2D eigenvalue weighted by Gasteiger charge is 2.24. The molecule has 0 unspecified atom stereocenters. The maximum Gasteiger partial charge on any atom is 0.0984 e. The molecule has 3 aromatic rings. The van der Waals surface area contributed by atoms with E-state index in [4.69, 9.17) is 0 Å². The first-order valence-electron chi connectivity index (χ1n) is 8.34. The zero-order valence-corrected chi connectivity index (χ0v) is 13.8. The number of rotatable bonds is 6. The van der Waals surface area contributed by atoms with E-state index in [1.807, 2.05) is 66.7 Å². The normalized spacial score (nSPS) is 14.8. The smallest absolute Gasteiger partial charge is 0.0984 e. The lowest BCUT2D eigenvalue weighted by Crippen LogP contribution is -2.29. The van der Waals surface area contributed by atoms with Gasteiger partial charge in [0.15, 0.2) is 0 Å². The molecule has 0 spiro atoms. The zero-order chi connectivity index (χ0) is 16.8. The second kappa shape index (κ2) is 7.91. The number of benzene rings is 3. The number of nitrogens with one attached hydrogen (secondary N) is 1. The van der Waals surface area contributed by atoms with Gasteiger partial charge in [-0.2, -0.15) is 0 Å². The van der Waals surface area contributed by atoms with Crippen molar-refractivity contribution in [3.8, 4) is 0 Å². The fraction of sp³-hybridized carbons (Fsp3) is 0.182. The van der Waals surface area contributed by atoms with E-state index in [1.54, 1.807) is 0 Å². The number of aliphatic hydroxyl groups is 1. The molecular weight excluding hydrogens is 294 g/mol. The Kier molecular flexibility index (Phi) is 5.42. The van der Waals surface area contributed by atoms with E-state index in [1.165, 1.54) is 5.56 Å². The molecular formula is C22H23NO. The SMILES string of the molecule is C[C@@H](N[C@@H](c1ccccc1)[C@H](O)c1ccccc1)c1ccccc1. The predicted octanol–water partition coefficient (Wildman–Crippen LogP) is 4.81. The van der Waals surface area contributed by atoms with Crippen molar-refractivity contribution in [2.24, 2.45) is 0 Å². The molecule has 0 radical (unpaired) electrons. The Labute approximate surface area is 143 Å². The van der Waals surface area contributed by atoms with Crippen LogP contribution in [0.15, 0.2) is 91.0 Å². The molecule has 0 amide bonds. The van der Waals surface area contributed by atoms with Crippen molar-refractivity contribution in [1.82, 2.24) is 5.32 Å². The third-order valence-electron chi connectivity index (χ3n) is 4.34. The van der Waals surface area contributed by atoms with Crippen molar-refractivity contribution in [2.75, 3.05) is 0 Å². The van der Waals surface area contributed by atoms with Crippen LogP contribution in [0.1, 0.15) is 41.8 Å². The van der Waals surface area contributed by atoms with Crippen molar-refractivity contribution in [2.45, 2.75) is 25.1 Å². The van der Waals surface area contributed by atoms with Crippen molar-refractivity contribution in [3.05, 3.63) is 108 Å². The standard InChI is InChI=1S/C22H23NO/c1-17(18-11-5-2-6-12-18)23-21(19-13-7-3-8-14-19)22(24)20-15-9-4-10-16-20/h2-17,21-24H,1H3/t17-,21+,22-/m1/s1. The largest absolute Gasteiger partial charge is 0.386 e. The highest BCUT2D eigenvalue weighted by Crippen LogP contribution is 2.31. The van der Waals surface area contributed by atoms with Gasteiger partial charge in [0.25, 0.3) is 0 Å². The van der Waals surface area contributed by atoms with Gasteiger partial charge in [0, 0.05) is 6.04 Å². The number of hydrogen-bond donors (Lipinski definition) is 2. The van der Waals surface area contributed by atoms with Crippen molar-refractivity contribution >= 4 is 0 Å². The van der Waals surface area contributed by atoms with Crippen LogP contribution in [0.4, 0.5) is 0 Å². The molecule has 2 nitrogen and oxygen atoms in total. The lowest BCUT2D eigenvalue weighted by atomic mass is 9.94. The first-order chi connectivity index (χ1) is 11.8. The van der Waals surface area contributed by atoms with Crippen molar-refractivity contribution in [1.29, 1.82) is 0 Å². The van der Waals surface area contributed by atoms with Gasteiger partial charge in [-0.3, -0.25) is 0 Å². The summed E-state index contributed by atoms with van der Waals surface area (Å²) in [4.78, 5) is 0. The average Bonchev–Trinajstić information content (AvgIpc) is 2.67. The lowest BCUT2D eigenvalue weighted by Gasteiger charge is -2.28. The van der Waals surface area contributed by atoms with Crippen LogP contribution >= 0.6 is 0 Å². The van der Waals surface area contributed by atoms with Gasteiger partial charge >= 0.3 is 0 Å². The van der Waals surface area contributed by atoms with Crippen LogP contribution in [0, 0.1) is 0 Å². The highest BCUT2D eigenvalue weighted by atomic mass is 16.3. The molecule has 3 aromatic carbocycles. The summed E-state index contributed by atoms with van der Waals surface area (Å²) < 4.78 is 0. The minimum absolute atomic E-state index is 0.134. The van der Waals surface area contributed by atoms with Gasteiger partial charge in [0.2, 0.25) is 0 Å². The van der Waals surface area contributed by atoms with Crippen molar-refractivity contribution < 1.29 is 5.11 Å². The first kappa shape index (κ1) is 16.4. The molecule has 0 aliphatic heterocycles. The van der Waals surface area contributed by atoms with E-state index in [0.29, 0.717) is 0 Å². The van der Waals surface area contributed by atoms with Crippen LogP contribution in [0.25, 0.3) is 0 Å². The third-order valence-corrected chi connectivity index (χ3v) is 4.34. The van der Waals surface area contributed by atoms with Gasteiger partial charge < -0.3 is 10.4 Å². The van der Waals surface area contributed by atoms with E-state index in [-0.39, 0.29) is 12.1 Å². The quantitative estimate of drug-likeness (QED) is 0.683. The Balaban J connectivity index is 1.88. The maximum atomic E-state index is 11.0. The first-order valence-corrected chi connectivity index (χ1v) is 8.34. The molecule has 2 N–H and O–H groups in total. The van der Waals surface area contributed by atoms with Gasteiger partial charge in [-0.25, -0.2) is 0 Å². The molecule has 24 heavy (non-hydrogen) atoms. The predicted molar refractivity (Wildman–Crippen MR) is 98.6 cm³/mol. The molecule has 0 saturated carbocycles. The summed E-state index contributed by atoms with van der Waals surface area (Å²) in [5.41, 5.74) is 3.20. The number of aliphatic hydroxyl groups excluding tert-OH is 1. The summed E-state index contributed by atoms with van der Waals surface area (Å²) in [7, 11) is 0. The molecule has 2 heteroatoms. The third kappa shape index (κ3) is 3.91. The fourth-order valence-electron chi connectivity index (χ4n) is 2.98. The summed E-state index contributed by atoms with van der Waals surface area (Å²) in [5.74, 6) is 0. The van der Waals surface area contributed by atoms with Gasteiger partial charge in [-0.05, 0) is 23.6 Å². The monoisotopic (exact) mass is 317 g/mol. The Bertz CT molecular complexity index is 728. The topological polar surface area (TPSA) is 32.3 Å². The fourth-order valence-corrected chi connectivity index (χ4v) is 2.98. The zero-order valence-electron chi connectivity index (χ0n) is 13.8. The van der Waals surface area contributed by atoms with Gasteiger partial charge in [0.05, 0.1) is 12.1 Å². The van der Waals surface area contributed by atoms with Gasteiger partial charge in [-0.15, -0.1) is 0 Å². The molecule has 0 heterocycles. The minimum atomic E-state index is -0.611.